The van der Waals surface area contributed by atoms with Gasteiger partial charge in [-0.05, 0) is 36.6 Å². The Morgan fingerprint density at radius 3 is 2.62 bits per heavy atom. The molecule has 0 aliphatic carbocycles. The van der Waals surface area contributed by atoms with Gasteiger partial charge in [-0.25, -0.2) is 4.98 Å². The molecule has 0 radical (unpaired) electrons. The number of aryl methyl sites for hydroxylation is 1. The summed E-state index contributed by atoms with van der Waals surface area (Å²) in [7, 11) is 0. The van der Waals surface area contributed by atoms with Gasteiger partial charge in [0.1, 0.15) is 11.2 Å². The van der Waals surface area contributed by atoms with Crippen LogP contribution >= 0.6 is 11.3 Å². The van der Waals surface area contributed by atoms with Crippen molar-refractivity contribution in [3.63, 3.8) is 0 Å². The molecule has 0 saturated heterocycles. The first-order valence-corrected chi connectivity index (χ1v) is 10.2. The van der Waals surface area contributed by atoms with E-state index in [1.165, 1.54) is 22.2 Å². The molecule has 4 rings (SSSR count). The van der Waals surface area contributed by atoms with Gasteiger partial charge in [0.05, 0.1) is 17.9 Å². The normalized spacial score (nSPS) is 12.1. The van der Waals surface area contributed by atoms with E-state index in [1.54, 1.807) is 0 Å². The standard InChI is InChI=1S/C23H21N3O2S/c1-15-8-6-7-11-18(15)16(2)25-21(27)13-26-14-24-19-12-20(29-22(19)23(26)28)17-9-4-3-5-10-17/h3-12,14,16H,13H2,1-2H3,(H,25,27)/t16-/m0/s1. The van der Waals surface area contributed by atoms with Crippen LogP contribution in [0.5, 0.6) is 0 Å². The van der Waals surface area contributed by atoms with Gasteiger partial charge >= 0.3 is 0 Å². The highest BCUT2D eigenvalue weighted by atomic mass is 32.1. The molecule has 0 saturated carbocycles. The Balaban J connectivity index is 1.55. The minimum absolute atomic E-state index is 0.0590. The SMILES string of the molecule is Cc1ccccc1[C@H](C)NC(=O)Cn1cnc2cc(-c3ccccc3)sc2c1=O. The smallest absolute Gasteiger partial charge is 0.271 e. The summed E-state index contributed by atoms with van der Waals surface area (Å²) in [5.74, 6) is -0.219. The van der Waals surface area contributed by atoms with E-state index in [2.05, 4.69) is 10.3 Å². The number of fused-ring (bicyclic) bond motifs is 1. The van der Waals surface area contributed by atoms with Crippen molar-refractivity contribution in [2.24, 2.45) is 0 Å². The Labute approximate surface area is 172 Å². The molecule has 0 aliphatic heterocycles. The predicted molar refractivity (Wildman–Crippen MR) is 117 cm³/mol. The summed E-state index contributed by atoms with van der Waals surface area (Å²) in [6.07, 6.45) is 1.45. The first-order valence-electron chi connectivity index (χ1n) is 9.42. The second kappa shape index (κ2) is 8.01. The van der Waals surface area contributed by atoms with Crippen molar-refractivity contribution in [1.29, 1.82) is 0 Å². The summed E-state index contributed by atoms with van der Waals surface area (Å²) in [6, 6.07) is 19.6. The zero-order valence-electron chi connectivity index (χ0n) is 16.3. The van der Waals surface area contributed by atoms with Gasteiger partial charge in [-0.3, -0.25) is 14.2 Å². The van der Waals surface area contributed by atoms with Crippen LogP contribution in [0.1, 0.15) is 24.1 Å². The molecule has 146 valence electrons. The molecule has 29 heavy (non-hydrogen) atoms. The lowest BCUT2D eigenvalue weighted by Crippen LogP contribution is -2.34. The lowest BCUT2D eigenvalue weighted by atomic mass is 10.0. The van der Waals surface area contributed by atoms with Crippen molar-refractivity contribution in [2.45, 2.75) is 26.4 Å². The Morgan fingerprint density at radius 2 is 1.86 bits per heavy atom. The Hall–Kier alpha value is -3.25. The van der Waals surface area contributed by atoms with Crippen LogP contribution in [0.15, 0.2) is 71.8 Å². The third-order valence-electron chi connectivity index (χ3n) is 4.91. The molecule has 0 bridgehead atoms. The van der Waals surface area contributed by atoms with E-state index in [1.807, 2.05) is 74.5 Å². The summed E-state index contributed by atoms with van der Waals surface area (Å²) in [5.41, 5.74) is 3.69. The van der Waals surface area contributed by atoms with Crippen LogP contribution in [-0.4, -0.2) is 15.5 Å². The highest BCUT2D eigenvalue weighted by molar-refractivity contribution is 7.22. The highest BCUT2D eigenvalue weighted by Crippen LogP contribution is 2.30. The maximum atomic E-state index is 12.9. The van der Waals surface area contributed by atoms with Gasteiger partial charge in [0.15, 0.2) is 0 Å². The summed E-state index contributed by atoms with van der Waals surface area (Å²) in [6.45, 7) is 3.90. The monoisotopic (exact) mass is 403 g/mol. The molecule has 0 fully saturated rings. The molecule has 5 nitrogen and oxygen atoms in total. The van der Waals surface area contributed by atoms with E-state index in [0.29, 0.717) is 10.2 Å². The molecule has 2 aromatic carbocycles. The van der Waals surface area contributed by atoms with E-state index >= 15 is 0 Å². The number of amides is 1. The van der Waals surface area contributed by atoms with Gasteiger partial charge < -0.3 is 5.32 Å². The molecule has 2 aromatic heterocycles. The molecular weight excluding hydrogens is 382 g/mol. The molecule has 4 aromatic rings. The first-order chi connectivity index (χ1) is 14.0. The van der Waals surface area contributed by atoms with Crippen LogP contribution in [0.2, 0.25) is 0 Å². The average molecular weight is 404 g/mol. The average Bonchev–Trinajstić information content (AvgIpc) is 3.16. The van der Waals surface area contributed by atoms with E-state index in [9.17, 15) is 9.59 Å². The Bertz CT molecular complexity index is 1230. The Morgan fingerprint density at radius 1 is 1.14 bits per heavy atom. The molecule has 0 unspecified atom stereocenters. The van der Waals surface area contributed by atoms with Crippen molar-refractivity contribution >= 4 is 27.5 Å². The lowest BCUT2D eigenvalue weighted by molar-refractivity contribution is -0.122. The number of rotatable bonds is 5. The van der Waals surface area contributed by atoms with Gasteiger partial charge in [-0.2, -0.15) is 0 Å². The van der Waals surface area contributed by atoms with Crippen LogP contribution in [-0.2, 0) is 11.3 Å². The molecule has 2 heterocycles. The number of nitrogens with zero attached hydrogens (tertiary/aromatic N) is 2. The number of thiophene rings is 1. The number of hydrogen-bond donors (Lipinski definition) is 1. The van der Waals surface area contributed by atoms with Crippen molar-refractivity contribution in [1.82, 2.24) is 14.9 Å². The van der Waals surface area contributed by atoms with Crippen LogP contribution in [0.25, 0.3) is 20.7 Å². The van der Waals surface area contributed by atoms with Gasteiger partial charge in [0.25, 0.3) is 5.56 Å². The molecule has 6 heteroatoms. The fraction of sp³-hybridized carbons (Fsp3) is 0.174. The number of carbonyl (C=O) groups is 1. The highest BCUT2D eigenvalue weighted by Gasteiger charge is 2.15. The van der Waals surface area contributed by atoms with Gasteiger partial charge in [-0.1, -0.05) is 54.6 Å². The zero-order chi connectivity index (χ0) is 20.4. The molecule has 1 amide bonds. The number of nitrogens with one attached hydrogen (secondary N) is 1. The van der Waals surface area contributed by atoms with Crippen molar-refractivity contribution in [2.75, 3.05) is 0 Å². The molecule has 1 N–H and O–H groups in total. The van der Waals surface area contributed by atoms with Crippen LogP contribution < -0.4 is 10.9 Å². The maximum Gasteiger partial charge on any atom is 0.271 e. The van der Waals surface area contributed by atoms with Crippen LogP contribution in [0.3, 0.4) is 0 Å². The Kier molecular flexibility index (Phi) is 5.27. The molecular formula is C23H21N3O2S. The van der Waals surface area contributed by atoms with E-state index < -0.39 is 0 Å². The maximum absolute atomic E-state index is 12.9. The lowest BCUT2D eigenvalue weighted by Gasteiger charge is -2.16. The fourth-order valence-electron chi connectivity index (χ4n) is 3.39. The summed E-state index contributed by atoms with van der Waals surface area (Å²) >= 11 is 1.40. The van der Waals surface area contributed by atoms with Crippen LogP contribution in [0.4, 0.5) is 0 Å². The largest absolute Gasteiger partial charge is 0.348 e. The van der Waals surface area contributed by atoms with Crippen molar-refractivity contribution in [3.05, 3.63) is 88.5 Å². The van der Waals surface area contributed by atoms with E-state index in [0.717, 1.165) is 21.6 Å². The number of benzene rings is 2. The minimum atomic E-state index is -0.219. The second-order valence-electron chi connectivity index (χ2n) is 7.01. The van der Waals surface area contributed by atoms with Gasteiger partial charge in [0.2, 0.25) is 5.91 Å². The molecule has 1 atom stereocenters. The first kappa shape index (κ1) is 19.1. The number of carbonyl (C=O) groups excluding carboxylic acids is 1. The number of hydrogen-bond acceptors (Lipinski definition) is 4. The summed E-state index contributed by atoms with van der Waals surface area (Å²) in [4.78, 5) is 30.8. The van der Waals surface area contributed by atoms with E-state index in [4.69, 9.17) is 0 Å². The summed E-state index contributed by atoms with van der Waals surface area (Å²) in [5, 5.41) is 2.97. The van der Waals surface area contributed by atoms with E-state index in [-0.39, 0.29) is 24.1 Å². The fourth-order valence-corrected chi connectivity index (χ4v) is 4.46. The van der Waals surface area contributed by atoms with Gasteiger partial charge in [-0.15, -0.1) is 11.3 Å². The molecule has 0 spiro atoms. The van der Waals surface area contributed by atoms with Gasteiger partial charge in [0, 0.05) is 4.88 Å². The topological polar surface area (TPSA) is 64.0 Å². The summed E-state index contributed by atoms with van der Waals surface area (Å²) < 4.78 is 1.93. The van der Waals surface area contributed by atoms with Crippen LogP contribution in [0, 0.1) is 6.92 Å². The molecule has 0 aliphatic rings. The minimum Gasteiger partial charge on any atom is -0.348 e. The quantitative estimate of drug-likeness (QED) is 0.540. The predicted octanol–water partition coefficient (Wildman–Crippen LogP) is 4.31. The third kappa shape index (κ3) is 3.98. The third-order valence-corrected chi connectivity index (χ3v) is 6.07. The second-order valence-corrected chi connectivity index (χ2v) is 8.07. The number of aromatic nitrogens is 2. The van der Waals surface area contributed by atoms with Crippen molar-refractivity contribution < 1.29 is 4.79 Å². The zero-order valence-corrected chi connectivity index (χ0v) is 17.1. The van der Waals surface area contributed by atoms with Crippen molar-refractivity contribution in [3.8, 4) is 10.4 Å².